The normalized spacial score (nSPS) is 10.5. The van der Waals surface area contributed by atoms with Gasteiger partial charge in [0.15, 0.2) is 0 Å². The van der Waals surface area contributed by atoms with Crippen LogP contribution in [0.15, 0.2) is 60.7 Å². The topological polar surface area (TPSA) is 38.3 Å². The number of ether oxygens (including phenoxy) is 1. The van der Waals surface area contributed by atoms with E-state index in [1.807, 2.05) is 60.7 Å². The molecule has 2 rings (SSSR count). The lowest BCUT2D eigenvalue weighted by molar-refractivity contribution is -0.116. The van der Waals surface area contributed by atoms with Crippen LogP contribution in [-0.4, -0.2) is 19.6 Å². The Morgan fingerprint density at radius 2 is 1.81 bits per heavy atom. The lowest BCUT2D eigenvalue weighted by atomic mass is 10.1. The molecular weight excluding hydrogens is 262 g/mol. The first-order chi connectivity index (χ1) is 10.3. The van der Waals surface area contributed by atoms with Crippen LogP contribution in [0.3, 0.4) is 0 Å². The molecule has 2 aromatic carbocycles. The molecule has 0 unspecified atom stereocenters. The molecule has 0 atom stereocenters. The second kappa shape index (κ2) is 7.90. The highest BCUT2D eigenvalue weighted by Crippen LogP contribution is 2.11. The van der Waals surface area contributed by atoms with Crippen LogP contribution in [0.1, 0.15) is 11.1 Å². The summed E-state index contributed by atoms with van der Waals surface area (Å²) < 4.78 is 5.11. The van der Waals surface area contributed by atoms with Crippen LogP contribution in [0.4, 0.5) is 0 Å². The van der Waals surface area contributed by atoms with E-state index < -0.39 is 0 Å². The zero-order valence-corrected chi connectivity index (χ0v) is 12.1. The highest BCUT2D eigenvalue weighted by Gasteiger charge is 1.97. The van der Waals surface area contributed by atoms with E-state index in [1.54, 1.807) is 13.2 Å². The summed E-state index contributed by atoms with van der Waals surface area (Å²) >= 11 is 0. The quantitative estimate of drug-likeness (QED) is 0.826. The fourth-order valence-corrected chi connectivity index (χ4v) is 1.92. The minimum Gasteiger partial charge on any atom is -0.497 e. The zero-order valence-electron chi connectivity index (χ0n) is 12.1. The average Bonchev–Trinajstić information content (AvgIpc) is 2.54. The molecule has 0 radical (unpaired) electrons. The monoisotopic (exact) mass is 281 g/mol. The molecule has 3 nitrogen and oxygen atoms in total. The Labute approximate surface area is 125 Å². The van der Waals surface area contributed by atoms with Gasteiger partial charge in [0.2, 0.25) is 5.91 Å². The number of carbonyl (C=O) groups excluding carboxylic acids is 1. The number of hydrogen-bond acceptors (Lipinski definition) is 2. The third kappa shape index (κ3) is 5.15. The number of amides is 1. The van der Waals surface area contributed by atoms with Crippen LogP contribution in [0.5, 0.6) is 5.75 Å². The minimum atomic E-state index is -0.0765. The number of carbonyl (C=O) groups is 1. The van der Waals surface area contributed by atoms with Crippen molar-refractivity contribution in [3.63, 3.8) is 0 Å². The molecule has 1 amide bonds. The second-order valence-electron chi connectivity index (χ2n) is 4.63. The van der Waals surface area contributed by atoms with E-state index in [-0.39, 0.29) is 5.91 Å². The van der Waals surface area contributed by atoms with Gasteiger partial charge < -0.3 is 10.1 Å². The number of rotatable bonds is 6. The minimum absolute atomic E-state index is 0.0765. The van der Waals surface area contributed by atoms with Crippen LogP contribution in [0, 0.1) is 0 Å². The highest BCUT2D eigenvalue weighted by atomic mass is 16.5. The van der Waals surface area contributed by atoms with E-state index >= 15 is 0 Å². The first-order valence-corrected chi connectivity index (χ1v) is 6.92. The molecule has 0 heterocycles. The van der Waals surface area contributed by atoms with Crippen LogP contribution >= 0.6 is 0 Å². The van der Waals surface area contributed by atoms with Gasteiger partial charge in [-0.2, -0.15) is 0 Å². The summed E-state index contributed by atoms with van der Waals surface area (Å²) in [4.78, 5) is 11.7. The van der Waals surface area contributed by atoms with Crippen molar-refractivity contribution in [2.45, 2.75) is 6.42 Å². The highest BCUT2D eigenvalue weighted by molar-refractivity contribution is 5.91. The molecule has 0 saturated heterocycles. The molecule has 0 aromatic heterocycles. The first kappa shape index (κ1) is 14.9. The average molecular weight is 281 g/mol. The van der Waals surface area contributed by atoms with Crippen LogP contribution in [0.2, 0.25) is 0 Å². The Hall–Kier alpha value is -2.55. The van der Waals surface area contributed by atoms with Crippen molar-refractivity contribution < 1.29 is 9.53 Å². The third-order valence-electron chi connectivity index (χ3n) is 3.10. The SMILES string of the molecule is COc1ccc(CCNC(=O)/C=C\c2ccccc2)cc1. The van der Waals surface area contributed by atoms with E-state index in [9.17, 15) is 4.79 Å². The van der Waals surface area contributed by atoms with Gasteiger partial charge in [0.05, 0.1) is 7.11 Å². The number of methoxy groups -OCH3 is 1. The van der Waals surface area contributed by atoms with Crippen molar-refractivity contribution in [2.24, 2.45) is 0 Å². The van der Waals surface area contributed by atoms with Gasteiger partial charge in [-0.25, -0.2) is 0 Å². The smallest absolute Gasteiger partial charge is 0.244 e. The Morgan fingerprint density at radius 1 is 1.10 bits per heavy atom. The van der Waals surface area contributed by atoms with Crippen LogP contribution in [-0.2, 0) is 11.2 Å². The van der Waals surface area contributed by atoms with Gasteiger partial charge in [0.1, 0.15) is 5.75 Å². The number of nitrogens with one attached hydrogen (secondary N) is 1. The zero-order chi connectivity index (χ0) is 14.9. The van der Waals surface area contributed by atoms with Crippen molar-refractivity contribution in [3.8, 4) is 5.75 Å². The van der Waals surface area contributed by atoms with Gasteiger partial charge in [-0.15, -0.1) is 0 Å². The van der Waals surface area contributed by atoms with Gasteiger partial charge >= 0.3 is 0 Å². The molecule has 0 bridgehead atoms. The summed E-state index contributed by atoms with van der Waals surface area (Å²) in [5, 5.41) is 2.87. The molecule has 0 aliphatic carbocycles. The van der Waals surface area contributed by atoms with E-state index in [4.69, 9.17) is 4.74 Å². The summed E-state index contributed by atoms with van der Waals surface area (Å²) in [6.45, 7) is 0.615. The summed E-state index contributed by atoms with van der Waals surface area (Å²) in [6.07, 6.45) is 4.17. The molecule has 0 aliphatic heterocycles. The number of benzene rings is 2. The maximum absolute atomic E-state index is 11.7. The first-order valence-electron chi connectivity index (χ1n) is 6.92. The maximum Gasteiger partial charge on any atom is 0.244 e. The standard InChI is InChI=1S/C18H19NO2/c1-21-17-10-7-16(8-11-17)13-14-19-18(20)12-9-15-5-3-2-4-6-15/h2-12H,13-14H2,1H3,(H,19,20)/b12-9-. The van der Waals surface area contributed by atoms with Gasteiger partial charge in [-0.3, -0.25) is 4.79 Å². The van der Waals surface area contributed by atoms with E-state index in [0.29, 0.717) is 6.54 Å². The van der Waals surface area contributed by atoms with Crippen LogP contribution < -0.4 is 10.1 Å². The Morgan fingerprint density at radius 3 is 2.48 bits per heavy atom. The molecule has 21 heavy (non-hydrogen) atoms. The van der Waals surface area contributed by atoms with Gasteiger partial charge in [0.25, 0.3) is 0 Å². The molecule has 1 N–H and O–H groups in total. The molecular formula is C18H19NO2. The lowest BCUT2D eigenvalue weighted by Crippen LogP contribution is -2.23. The summed E-state index contributed by atoms with van der Waals surface area (Å²) in [5.41, 5.74) is 2.19. The van der Waals surface area contributed by atoms with E-state index in [2.05, 4.69) is 5.32 Å². The predicted molar refractivity (Wildman–Crippen MR) is 85.2 cm³/mol. The predicted octanol–water partition coefficient (Wildman–Crippen LogP) is 3.07. The maximum atomic E-state index is 11.7. The summed E-state index contributed by atoms with van der Waals surface area (Å²) in [5.74, 6) is 0.765. The fraction of sp³-hybridized carbons (Fsp3) is 0.167. The largest absolute Gasteiger partial charge is 0.497 e. The van der Waals surface area contributed by atoms with E-state index in [0.717, 1.165) is 17.7 Å². The molecule has 0 aliphatic rings. The third-order valence-corrected chi connectivity index (χ3v) is 3.10. The van der Waals surface area contributed by atoms with Crippen molar-refractivity contribution in [2.75, 3.05) is 13.7 Å². The second-order valence-corrected chi connectivity index (χ2v) is 4.63. The van der Waals surface area contributed by atoms with Gasteiger partial charge in [-0.1, -0.05) is 42.5 Å². The van der Waals surface area contributed by atoms with Crippen LogP contribution in [0.25, 0.3) is 6.08 Å². The van der Waals surface area contributed by atoms with Gasteiger partial charge in [0, 0.05) is 12.6 Å². The van der Waals surface area contributed by atoms with E-state index in [1.165, 1.54) is 5.56 Å². The molecule has 0 spiro atoms. The lowest BCUT2D eigenvalue weighted by Gasteiger charge is -2.04. The number of hydrogen-bond donors (Lipinski definition) is 1. The molecule has 0 fully saturated rings. The molecule has 0 saturated carbocycles. The summed E-state index contributed by atoms with van der Waals surface area (Å²) in [6, 6.07) is 17.6. The van der Waals surface area contributed by atoms with Crippen molar-refractivity contribution >= 4 is 12.0 Å². The summed E-state index contributed by atoms with van der Waals surface area (Å²) in [7, 11) is 1.65. The van der Waals surface area contributed by atoms with Crippen molar-refractivity contribution in [1.29, 1.82) is 0 Å². The fourth-order valence-electron chi connectivity index (χ4n) is 1.92. The molecule has 2 aromatic rings. The Bertz CT molecular complexity index is 588. The Kier molecular flexibility index (Phi) is 5.59. The Balaban J connectivity index is 1.75. The van der Waals surface area contributed by atoms with Gasteiger partial charge in [-0.05, 0) is 35.8 Å². The molecule has 108 valence electrons. The van der Waals surface area contributed by atoms with Crippen molar-refractivity contribution in [3.05, 3.63) is 71.8 Å². The molecule has 3 heteroatoms. The van der Waals surface area contributed by atoms with Crippen molar-refractivity contribution in [1.82, 2.24) is 5.32 Å².